The Kier molecular flexibility index (Phi) is 4.88. The van der Waals surface area contributed by atoms with Gasteiger partial charge in [0.1, 0.15) is 5.00 Å². The number of fused-ring (bicyclic) bond motifs is 5. The molecule has 3 aromatic rings. The minimum atomic E-state index is -0.0960. The van der Waals surface area contributed by atoms with Crippen molar-refractivity contribution < 1.29 is 4.79 Å². The van der Waals surface area contributed by atoms with Crippen molar-refractivity contribution in [1.82, 2.24) is 14.4 Å². The molecule has 1 atom stereocenters. The van der Waals surface area contributed by atoms with E-state index >= 15 is 0 Å². The Balaban J connectivity index is 1.55. The van der Waals surface area contributed by atoms with Crippen molar-refractivity contribution in [1.29, 1.82) is 0 Å². The maximum Gasteiger partial charge on any atom is 0.322 e. The number of amides is 2. The third-order valence-corrected chi connectivity index (χ3v) is 7.75. The summed E-state index contributed by atoms with van der Waals surface area (Å²) in [6, 6.07) is 9.64. The summed E-state index contributed by atoms with van der Waals surface area (Å²) in [5.41, 5.74) is 5.61. The van der Waals surface area contributed by atoms with E-state index in [-0.39, 0.29) is 12.1 Å². The predicted octanol–water partition coefficient (Wildman–Crippen LogP) is 5.60. The smallest absolute Gasteiger partial charge is 0.312 e. The maximum atomic E-state index is 13.4. The predicted molar refractivity (Wildman–Crippen MR) is 123 cm³/mol. The number of hydrogen-bond donors (Lipinski definition) is 1. The Labute approximate surface area is 185 Å². The van der Waals surface area contributed by atoms with E-state index in [1.165, 1.54) is 21.0 Å². The highest BCUT2D eigenvalue weighted by Gasteiger charge is 2.33. The highest BCUT2D eigenvalue weighted by molar-refractivity contribution is 7.15. The number of thiophene rings is 1. The van der Waals surface area contributed by atoms with E-state index in [0.29, 0.717) is 11.6 Å². The van der Waals surface area contributed by atoms with Crippen LogP contribution < -0.4 is 5.32 Å². The van der Waals surface area contributed by atoms with Gasteiger partial charge in [0.05, 0.1) is 12.6 Å². The molecule has 156 valence electrons. The highest BCUT2D eigenvalue weighted by atomic mass is 35.5. The molecule has 30 heavy (non-hydrogen) atoms. The van der Waals surface area contributed by atoms with Crippen molar-refractivity contribution in [3.8, 4) is 5.00 Å². The minimum Gasteiger partial charge on any atom is -0.312 e. The third kappa shape index (κ3) is 3.23. The lowest BCUT2D eigenvalue weighted by molar-refractivity contribution is 0.189. The van der Waals surface area contributed by atoms with Crippen LogP contribution in [-0.2, 0) is 19.5 Å². The lowest BCUT2D eigenvalue weighted by Gasteiger charge is -2.29. The fourth-order valence-corrected chi connectivity index (χ4v) is 6.10. The van der Waals surface area contributed by atoms with E-state index in [2.05, 4.69) is 47.1 Å². The van der Waals surface area contributed by atoms with Gasteiger partial charge in [-0.2, -0.15) is 0 Å². The molecule has 5 nitrogen and oxygen atoms in total. The zero-order valence-electron chi connectivity index (χ0n) is 17.4. The van der Waals surface area contributed by atoms with Crippen LogP contribution in [0.15, 0.2) is 36.5 Å². The van der Waals surface area contributed by atoms with Crippen LogP contribution in [0, 0.1) is 6.92 Å². The quantitative estimate of drug-likeness (QED) is 0.535. The van der Waals surface area contributed by atoms with Gasteiger partial charge in [-0.15, -0.1) is 11.3 Å². The van der Waals surface area contributed by atoms with E-state index < -0.39 is 0 Å². The van der Waals surface area contributed by atoms with Gasteiger partial charge in [0.15, 0.2) is 0 Å². The second-order valence-corrected chi connectivity index (χ2v) is 9.79. The van der Waals surface area contributed by atoms with Gasteiger partial charge in [-0.3, -0.25) is 0 Å². The monoisotopic (exact) mass is 440 g/mol. The second-order valence-electron chi connectivity index (χ2n) is 8.27. The number of hydrogen-bond acceptors (Lipinski definition) is 3. The van der Waals surface area contributed by atoms with Crippen molar-refractivity contribution in [2.24, 2.45) is 0 Å². The molecule has 2 amide bonds. The van der Waals surface area contributed by atoms with Gasteiger partial charge >= 0.3 is 6.03 Å². The number of aromatic nitrogens is 1. The van der Waals surface area contributed by atoms with Gasteiger partial charge in [0, 0.05) is 46.1 Å². The summed E-state index contributed by atoms with van der Waals surface area (Å²) < 4.78 is 2.28. The number of urea groups is 1. The number of halogens is 1. The third-order valence-electron chi connectivity index (χ3n) is 6.26. The lowest BCUT2D eigenvalue weighted by atomic mass is 10.0. The molecule has 5 rings (SSSR count). The zero-order chi connectivity index (χ0) is 21.0. The minimum absolute atomic E-state index is 0.0407. The van der Waals surface area contributed by atoms with E-state index in [1.54, 1.807) is 0 Å². The van der Waals surface area contributed by atoms with Crippen molar-refractivity contribution in [3.05, 3.63) is 68.8 Å². The average molecular weight is 441 g/mol. The summed E-state index contributed by atoms with van der Waals surface area (Å²) in [5.74, 6) is 0. The topological polar surface area (TPSA) is 40.5 Å². The summed E-state index contributed by atoms with van der Waals surface area (Å²) in [6.07, 6.45) is 3.16. The van der Waals surface area contributed by atoms with Gasteiger partial charge in [-0.05, 0) is 62.7 Å². The number of rotatable bonds is 1. The number of nitrogens with one attached hydrogen (secondary N) is 1. The molecule has 2 aliphatic heterocycles. The van der Waals surface area contributed by atoms with Crippen molar-refractivity contribution >= 4 is 34.7 Å². The number of anilines is 1. The first kappa shape index (κ1) is 19.7. The fourth-order valence-electron chi connectivity index (χ4n) is 4.49. The SMILES string of the molecule is Cc1ccc(Cl)cc1NC(=O)N1Cc2c(sc3c2CCN(C)C3)-n2cccc2C1C. The van der Waals surface area contributed by atoms with Crippen LogP contribution >= 0.6 is 22.9 Å². The molecule has 0 radical (unpaired) electrons. The number of carbonyl (C=O) groups is 1. The molecule has 1 unspecified atom stereocenters. The first-order valence-corrected chi connectivity index (χ1v) is 11.4. The number of nitrogens with zero attached hydrogens (tertiary/aromatic N) is 3. The van der Waals surface area contributed by atoms with Crippen LogP contribution in [0.4, 0.5) is 10.5 Å². The number of carbonyl (C=O) groups excluding carboxylic acids is 1. The summed E-state index contributed by atoms with van der Waals surface area (Å²) in [5, 5.41) is 4.98. The number of aryl methyl sites for hydroxylation is 1. The van der Waals surface area contributed by atoms with E-state index in [0.717, 1.165) is 36.5 Å². The van der Waals surface area contributed by atoms with Crippen molar-refractivity contribution in [2.75, 3.05) is 18.9 Å². The molecule has 1 aromatic carbocycles. The molecule has 0 fully saturated rings. The van der Waals surface area contributed by atoms with Crippen LogP contribution in [0.3, 0.4) is 0 Å². The highest BCUT2D eigenvalue weighted by Crippen LogP contribution is 2.41. The van der Waals surface area contributed by atoms with E-state index in [1.807, 2.05) is 41.4 Å². The number of benzene rings is 1. The molecule has 7 heteroatoms. The van der Waals surface area contributed by atoms with Crippen molar-refractivity contribution in [2.45, 2.75) is 39.4 Å². The molecule has 2 aliphatic rings. The fraction of sp³-hybridized carbons (Fsp3) is 0.348. The van der Waals surface area contributed by atoms with Gasteiger partial charge in [-0.25, -0.2) is 4.79 Å². The molecular formula is C23H25ClN4OS. The van der Waals surface area contributed by atoms with Crippen LogP contribution in [-0.4, -0.2) is 34.0 Å². The Hall–Kier alpha value is -2.28. The van der Waals surface area contributed by atoms with Gasteiger partial charge < -0.3 is 19.7 Å². The zero-order valence-corrected chi connectivity index (χ0v) is 19.0. The molecule has 1 N–H and O–H groups in total. The lowest BCUT2D eigenvalue weighted by Crippen LogP contribution is -2.36. The summed E-state index contributed by atoms with van der Waals surface area (Å²) in [4.78, 5) is 19.2. The van der Waals surface area contributed by atoms with Crippen LogP contribution in [0.5, 0.6) is 0 Å². The largest absolute Gasteiger partial charge is 0.322 e. The van der Waals surface area contributed by atoms with Gasteiger partial charge in [0.2, 0.25) is 0 Å². The van der Waals surface area contributed by atoms with Gasteiger partial charge in [-0.1, -0.05) is 17.7 Å². The van der Waals surface area contributed by atoms with Gasteiger partial charge in [0.25, 0.3) is 0 Å². The standard InChI is InChI=1S/C23H25ClN4OS/c1-14-6-7-16(24)11-19(14)25-23(29)28-12-18-17-8-10-26(3)13-21(17)30-22(18)27-9-4-5-20(27)15(28)2/h4-7,9,11,15H,8,10,12-13H2,1-3H3,(H,25,29). The molecule has 4 heterocycles. The molecule has 0 saturated heterocycles. The van der Waals surface area contributed by atoms with E-state index in [9.17, 15) is 4.79 Å². The maximum absolute atomic E-state index is 13.4. The summed E-state index contributed by atoms with van der Waals surface area (Å²) in [7, 11) is 2.17. The normalized spacial score (nSPS) is 18.4. The Morgan fingerprint density at radius 3 is 2.90 bits per heavy atom. The molecular weight excluding hydrogens is 416 g/mol. The Bertz CT molecular complexity index is 1130. The number of likely N-dealkylation sites (N-methyl/N-ethyl adjacent to an activating group) is 1. The van der Waals surface area contributed by atoms with Crippen LogP contribution in [0.25, 0.3) is 5.00 Å². The first-order valence-electron chi connectivity index (χ1n) is 10.3. The van der Waals surface area contributed by atoms with Crippen LogP contribution in [0.1, 0.15) is 40.2 Å². The summed E-state index contributed by atoms with van der Waals surface area (Å²) >= 11 is 8.04. The van der Waals surface area contributed by atoms with Crippen molar-refractivity contribution in [3.63, 3.8) is 0 Å². The summed E-state index contributed by atoms with van der Waals surface area (Å²) in [6.45, 7) is 6.73. The second kappa shape index (κ2) is 7.45. The molecule has 0 saturated carbocycles. The molecule has 0 bridgehead atoms. The Morgan fingerprint density at radius 1 is 1.23 bits per heavy atom. The molecule has 0 aliphatic carbocycles. The Morgan fingerprint density at radius 2 is 2.07 bits per heavy atom. The molecule has 0 spiro atoms. The molecule has 2 aromatic heterocycles. The average Bonchev–Trinajstić information content (AvgIpc) is 3.30. The first-order chi connectivity index (χ1) is 14.4. The van der Waals surface area contributed by atoms with Crippen LogP contribution in [0.2, 0.25) is 5.02 Å². The van der Waals surface area contributed by atoms with E-state index in [4.69, 9.17) is 11.6 Å².